The molecule has 0 bridgehead atoms. The third kappa shape index (κ3) is 2.20. The molecule has 0 heterocycles. The largest absolute Gasteiger partial charge is 0.373 e. The van der Waals surface area contributed by atoms with Gasteiger partial charge in [0.25, 0.3) is 0 Å². The van der Waals surface area contributed by atoms with Gasteiger partial charge in [-0.15, -0.1) is 0 Å². The molecule has 1 rings (SSSR count). The van der Waals surface area contributed by atoms with Gasteiger partial charge in [0.1, 0.15) is 0 Å². The topological polar surface area (TPSA) is 35.5 Å². The Hall–Kier alpha value is -1.61. The van der Waals surface area contributed by atoms with E-state index in [0.29, 0.717) is 5.56 Å². The van der Waals surface area contributed by atoms with Gasteiger partial charge in [0.15, 0.2) is 0 Å². The van der Waals surface area contributed by atoms with Gasteiger partial charge in [-0.2, -0.15) is 4.89 Å². The Kier molecular flexibility index (Phi) is 3.42. The highest BCUT2D eigenvalue weighted by Gasteiger charge is 2.10. The van der Waals surface area contributed by atoms with E-state index in [0.717, 1.165) is 11.1 Å². The normalized spacial score (nSPS) is 9.57. The lowest BCUT2D eigenvalue weighted by atomic mass is 10.1. The van der Waals surface area contributed by atoms with E-state index >= 15 is 0 Å². The van der Waals surface area contributed by atoms with Crippen LogP contribution in [0.15, 0.2) is 24.8 Å². The second-order valence-corrected chi connectivity index (χ2v) is 2.82. The molecule has 0 spiro atoms. The summed E-state index contributed by atoms with van der Waals surface area (Å²) in [5.41, 5.74) is 2.30. The minimum atomic E-state index is -0.486. The Balaban J connectivity index is 2.99. The fraction of sp³-hybridized carbons (Fsp3) is 0.182. The molecule has 0 amide bonds. The van der Waals surface area contributed by atoms with Gasteiger partial charge in [0.2, 0.25) is 0 Å². The molecule has 0 aromatic heterocycles. The van der Waals surface area contributed by atoms with Gasteiger partial charge in [-0.1, -0.05) is 24.8 Å². The summed E-state index contributed by atoms with van der Waals surface area (Å²) in [6, 6.07) is 5.35. The van der Waals surface area contributed by atoms with Crippen LogP contribution in [0.2, 0.25) is 0 Å². The first kappa shape index (κ1) is 10.5. The summed E-state index contributed by atoms with van der Waals surface area (Å²) in [5, 5.41) is 0. The highest BCUT2D eigenvalue weighted by Crippen LogP contribution is 2.13. The Morgan fingerprint density at radius 3 is 2.71 bits per heavy atom. The van der Waals surface area contributed by atoms with Crippen molar-refractivity contribution in [1.29, 1.82) is 0 Å². The highest BCUT2D eigenvalue weighted by molar-refractivity contribution is 5.90. The van der Waals surface area contributed by atoms with Crippen molar-refractivity contribution in [3.63, 3.8) is 0 Å². The van der Waals surface area contributed by atoms with E-state index in [2.05, 4.69) is 16.4 Å². The Morgan fingerprint density at radius 1 is 1.50 bits per heavy atom. The minimum Gasteiger partial charge on any atom is -0.293 e. The summed E-state index contributed by atoms with van der Waals surface area (Å²) < 4.78 is 0. The number of benzene rings is 1. The van der Waals surface area contributed by atoms with Crippen molar-refractivity contribution >= 4 is 12.0 Å². The van der Waals surface area contributed by atoms with Crippen molar-refractivity contribution in [1.82, 2.24) is 0 Å². The van der Waals surface area contributed by atoms with Crippen molar-refractivity contribution in [3.05, 3.63) is 41.5 Å². The molecule has 0 atom stereocenters. The van der Waals surface area contributed by atoms with Crippen LogP contribution in [-0.4, -0.2) is 13.1 Å². The fourth-order valence-corrected chi connectivity index (χ4v) is 1.16. The molecule has 74 valence electrons. The molecular formula is C11H12O3. The molecular weight excluding hydrogens is 180 g/mol. The molecule has 0 aliphatic rings. The molecule has 0 N–H and O–H groups in total. The van der Waals surface area contributed by atoms with Gasteiger partial charge < -0.3 is 0 Å². The van der Waals surface area contributed by atoms with Crippen LogP contribution in [0.3, 0.4) is 0 Å². The van der Waals surface area contributed by atoms with Gasteiger partial charge in [0.05, 0.1) is 12.7 Å². The van der Waals surface area contributed by atoms with Crippen LogP contribution < -0.4 is 0 Å². The second kappa shape index (κ2) is 4.58. The van der Waals surface area contributed by atoms with Crippen molar-refractivity contribution < 1.29 is 14.6 Å². The van der Waals surface area contributed by atoms with E-state index in [9.17, 15) is 4.79 Å². The van der Waals surface area contributed by atoms with Crippen LogP contribution in [0, 0.1) is 6.92 Å². The third-order valence-corrected chi connectivity index (χ3v) is 1.87. The molecule has 0 fully saturated rings. The molecule has 1 aromatic carbocycles. The summed E-state index contributed by atoms with van der Waals surface area (Å²) in [5.74, 6) is -0.486. The van der Waals surface area contributed by atoms with Crippen LogP contribution in [0.5, 0.6) is 0 Å². The van der Waals surface area contributed by atoms with Gasteiger partial charge in [-0.05, 0) is 24.1 Å². The zero-order chi connectivity index (χ0) is 10.6. The maximum Gasteiger partial charge on any atom is 0.373 e. The highest BCUT2D eigenvalue weighted by atomic mass is 17.2. The van der Waals surface area contributed by atoms with E-state index in [-0.39, 0.29) is 0 Å². The number of carbonyl (C=O) groups is 1. The van der Waals surface area contributed by atoms with Crippen LogP contribution in [0.4, 0.5) is 0 Å². The van der Waals surface area contributed by atoms with E-state index in [1.54, 1.807) is 18.2 Å². The third-order valence-electron chi connectivity index (χ3n) is 1.87. The Morgan fingerprint density at radius 2 is 2.21 bits per heavy atom. The molecule has 0 aliphatic heterocycles. The summed E-state index contributed by atoms with van der Waals surface area (Å²) in [7, 11) is 1.30. The van der Waals surface area contributed by atoms with Gasteiger partial charge in [-0.3, -0.25) is 4.89 Å². The molecule has 0 saturated carbocycles. The van der Waals surface area contributed by atoms with Gasteiger partial charge in [0, 0.05) is 0 Å². The lowest BCUT2D eigenvalue weighted by Crippen LogP contribution is -2.06. The minimum absolute atomic E-state index is 0.486. The lowest BCUT2D eigenvalue weighted by Gasteiger charge is -2.04. The quantitative estimate of drug-likeness (QED) is 0.544. The van der Waals surface area contributed by atoms with Crippen molar-refractivity contribution in [2.75, 3.05) is 7.11 Å². The van der Waals surface area contributed by atoms with E-state index in [4.69, 9.17) is 0 Å². The first-order valence-corrected chi connectivity index (χ1v) is 4.17. The molecule has 0 saturated heterocycles. The zero-order valence-electron chi connectivity index (χ0n) is 8.24. The zero-order valence-corrected chi connectivity index (χ0v) is 8.24. The first-order valence-electron chi connectivity index (χ1n) is 4.17. The average Bonchev–Trinajstić information content (AvgIpc) is 2.17. The van der Waals surface area contributed by atoms with E-state index in [1.807, 2.05) is 13.0 Å². The SMILES string of the molecule is C=Cc1ccc(C(=O)OOC)c(C)c1. The van der Waals surface area contributed by atoms with E-state index < -0.39 is 5.97 Å². The van der Waals surface area contributed by atoms with Crippen LogP contribution in [0.1, 0.15) is 21.5 Å². The summed E-state index contributed by atoms with van der Waals surface area (Å²) in [6.45, 7) is 5.47. The van der Waals surface area contributed by atoms with Gasteiger partial charge >= 0.3 is 5.97 Å². The Labute approximate surface area is 82.9 Å². The number of hydrogen-bond donors (Lipinski definition) is 0. The van der Waals surface area contributed by atoms with E-state index in [1.165, 1.54) is 7.11 Å². The van der Waals surface area contributed by atoms with Crippen LogP contribution in [0.25, 0.3) is 6.08 Å². The monoisotopic (exact) mass is 192 g/mol. The summed E-state index contributed by atoms with van der Waals surface area (Å²) in [6.07, 6.45) is 1.72. The molecule has 0 unspecified atom stereocenters. The Bertz CT molecular complexity index is 356. The number of aryl methyl sites for hydroxylation is 1. The number of rotatable bonds is 3. The molecule has 3 nitrogen and oxygen atoms in total. The predicted molar refractivity (Wildman–Crippen MR) is 53.7 cm³/mol. The molecule has 0 aliphatic carbocycles. The molecule has 14 heavy (non-hydrogen) atoms. The standard InChI is InChI=1S/C11H12O3/c1-4-9-5-6-10(8(2)7-9)11(12)14-13-3/h4-7H,1H2,2-3H3. The van der Waals surface area contributed by atoms with Crippen molar-refractivity contribution in [2.24, 2.45) is 0 Å². The molecule has 0 radical (unpaired) electrons. The number of hydrogen-bond acceptors (Lipinski definition) is 3. The maximum atomic E-state index is 11.3. The first-order chi connectivity index (χ1) is 6.69. The van der Waals surface area contributed by atoms with Crippen LogP contribution in [-0.2, 0) is 9.78 Å². The molecule has 3 heteroatoms. The van der Waals surface area contributed by atoms with Crippen LogP contribution >= 0.6 is 0 Å². The summed E-state index contributed by atoms with van der Waals surface area (Å²) >= 11 is 0. The van der Waals surface area contributed by atoms with Gasteiger partial charge in [-0.25, -0.2) is 4.79 Å². The number of carbonyl (C=O) groups excluding carboxylic acids is 1. The predicted octanol–water partition coefficient (Wildman–Crippen LogP) is 2.36. The summed E-state index contributed by atoms with van der Waals surface area (Å²) in [4.78, 5) is 20.0. The fourth-order valence-electron chi connectivity index (χ4n) is 1.16. The lowest BCUT2D eigenvalue weighted by molar-refractivity contribution is -0.216. The smallest absolute Gasteiger partial charge is 0.293 e. The molecule has 1 aromatic rings. The average molecular weight is 192 g/mol. The second-order valence-electron chi connectivity index (χ2n) is 2.82. The maximum absolute atomic E-state index is 11.3. The van der Waals surface area contributed by atoms with Crippen molar-refractivity contribution in [2.45, 2.75) is 6.92 Å². The van der Waals surface area contributed by atoms with Crippen molar-refractivity contribution in [3.8, 4) is 0 Å².